The summed E-state index contributed by atoms with van der Waals surface area (Å²) in [6.45, 7) is 1.33. The van der Waals surface area contributed by atoms with Crippen LogP contribution >= 0.6 is 0 Å². The lowest BCUT2D eigenvalue weighted by molar-refractivity contribution is -0.142. The molecule has 0 saturated carbocycles. The van der Waals surface area contributed by atoms with Gasteiger partial charge in [-0.3, -0.25) is 14.4 Å². The number of phenols is 1. The molecular formula is C28H34N6O7. The number of nitrogens with two attached hydrogens (primary N) is 1. The van der Waals surface area contributed by atoms with Gasteiger partial charge in [0, 0.05) is 31.2 Å². The molecule has 0 radical (unpaired) electrons. The summed E-state index contributed by atoms with van der Waals surface area (Å²) < 4.78 is 0. The fourth-order valence-electron chi connectivity index (χ4n) is 3.98. The first kappa shape index (κ1) is 30.8. The third kappa shape index (κ3) is 9.44. The number of aliphatic hydroxyl groups excluding tert-OH is 1. The topological polar surface area (TPSA) is 220 Å². The molecule has 0 bridgehead atoms. The number of nitrogens with zero attached hydrogens (tertiary/aromatic N) is 1. The van der Waals surface area contributed by atoms with Crippen molar-refractivity contribution < 1.29 is 34.5 Å². The molecule has 3 aromatic rings. The Kier molecular flexibility index (Phi) is 11.0. The molecule has 218 valence electrons. The van der Waals surface area contributed by atoms with Gasteiger partial charge < -0.3 is 42.0 Å². The lowest BCUT2D eigenvalue weighted by atomic mass is 10.0. The number of aliphatic carboxylic acids is 1. The van der Waals surface area contributed by atoms with E-state index >= 15 is 0 Å². The van der Waals surface area contributed by atoms with Crippen molar-refractivity contribution in [3.8, 4) is 5.75 Å². The smallest absolute Gasteiger partial charge is 0.326 e. The SMILES string of the molecule is CC(O)C(N)C(=O)NC(Cc1ccc(O)cc1)C(=O)NC(Cc1cnc[nH]1)C(=O)NC(Cc1ccccc1)C(=O)O. The second-order valence-corrected chi connectivity index (χ2v) is 9.63. The third-order valence-electron chi connectivity index (χ3n) is 6.34. The molecule has 3 rings (SSSR count). The van der Waals surface area contributed by atoms with E-state index < -0.39 is 54.0 Å². The summed E-state index contributed by atoms with van der Waals surface area (Å²) in [6.07, 6.45) is 1.60. The van der Waals surface area contributed by atoms with Gasteiger partial charge in [0.15, 0.2) is 0 Å². The van der Waals surface area contributed by atoms with Crippen molar-refractivity contribution >= 4 is 23.7 Å². The van der Waals surface area contributed by atoms with Crippen LogP contribution in [-0.2, 0) is 38.4 Å². The van der Waals surface area contributed by atoms with E-state index in [-0.39, 0.29) is 25.0 Å². The summed E-state index contributed by atoms with van der Waals surface area (Å²) >= 11 is 0. The van der Waals surface area contributed by atoms with Gasteiger partial charge in [-0.05, 0) is 30.2 Å². The van der Waals surface area contributed by atoms with Gasteiger partial charge in [-0.2, -0.15) is 0 Å². The van der Waals surface area contributed by atoms with E-state index in [9.17, 15) is 34.5 Å². The Hall–Kier alpha value is -4.75. The molecule has 9 N–H and O–H groups in total. The fourth-order valence-corrected chi connectivity index (χ4v) is 3.98. The molecule has 13 nitrogen and oxygen atoms in total. The van der Waals surface area contributed by atoms with Crippen molar-refractivity contribution in [2.45, 2.75) is 56.5 Å². The van der Waals surface area contributed by atoms with Crippen LogP contribution in [-0.4, -0.2) is 79.2 Å². The molecule has 0 aliphatic carbocycles. The molecule has 0 saturated heterocycles. The molecule has 0 fully saturated rings. The molecule has 0 aliphatic heterocycles. The van der Waals surface area contributed by atoms with E-state index in [0.29, 0.717) is 16.8 Å². The maximum atomic E-state index is 13.5. The minimum atomic E-state index is -1.32. The number of aromatic nitrogens is 2. The zero-order valence-electron chi connectivity index (χ0n) is 22.4. The Bertz CT molecular complexity index is 1300. The lowest BCUT2D eigenvalue weighted by Crippen LogP contribution is -2.59. The van der Waals surface area contributed by atoms with Gasteiger partial charge in [0.25, 0.3) is 0 Å². The van der Waals surface area contributed by atoms with E-state index in [1.54, 1.807) is 42.5 Å². The molecule has 1 aromatic heterocycles. The van der Waals surface area contributed by atoms with Crippen molar-refractivity contribution in [1.29, 1.82) is 0 Å². The molecule has 5 unspecified atom stereocenters. The summed E-state index contributed by atoms with van der Waals surface area (Å²) in [5.41, 5.74) is 7.52. The number of H-pyrrole nitrogens is 1. The second kappa shape index (κ2) is 14.6. The number of carboxylic acid groups (broad SMARTS) is 1. The molecule has 2 aromatic carbocycles. The van der Waals surface area contributed by atoms with Gasteiger partial charge >= 0.3 is 5.97 Å². The van der Waals surface area contributed by atoms with E-state index in [4.69, 9.17) is 5.73 Å². The Morgan fingerprint density at radius 1 is 0.829 bits per heavy atom. The van der Waals surface area contributed by atoms with Gasteiger partial charge in [-0.15, -0.1) is 0 Å². The summed E-state index contributed by atoms with van der Waals surface area (Å²) in [6, 6.07) is 9.66. The number of aromatic hydroxyl groups is 1. The maximum Gasteiger partial charge on any atom is 0.326 e. The Morgan fingerprint density at radius 3 is 1.93 bits per heavy atom. The van der Waals surface area contributed by atoms with Gasteiger partial charge in [0.05, 0.1) is 12.4 Å². The summed E-state index contributed by atoms with van der Waals surface area (Å²) in [5.74, 6) is -3.54. The van der Waals surface area contributed by atoms with Gasteiger partial charge in [0.2, 0.25) is 17.7 Å². The van der Waals surface area contributed by atoms with Crippen molar-refractivity contribution in [2.24, 2.45) is 5.73 Å². The van der Waals surface area contributed by atoms with Gasteiger partial charge in [0.1, 0.15) is 29.9 Å². The first-order valence-electron chi connectivity index (χ1n) is 12.9. The Balaban J connectivity index is 1.82. The highest BCUT2D eigenvalue weighted by Gasteiger charge is 2.31. The number of hydrogen-bond acceptors (Lipinski definition) is 8. The molecule has 0 spiro atoms. The monoisotopic (exact) mass is 566 g/mol. The molecule has 5 atom stereocenters. The third-order valence-corrected chi connectivity index (χ3v) is 6.34. The normalized spacial score (nSPS) is 14.6. The summed E-state index contributed by atoms with van der Waals surface area (Å²) in [4.78, 5) is 58.2. The molecule has 13 heteroatoms. The molecule has 41 heavy (non-hydrogen) atoms. The number of aromatic amines is 1. The van der Waals surface area contributed by atoms with Crippen LogP contribution in [0.4, 0.5) is 0 Å². The van der Waals surface area contributed by atoms with Crippen molar-refractivity contribution in [2.75, 3.05) is 0 Å². The highest BCUT2D eigenvalue weighted by Crippen LogP contribution is 2.12. The number of nitrogens with one attached hydrogen (secondary N) is 4. The largest absolute Gasteiger partial charge is 0.508 e. The number of carboxylic acids is 1. The molecule has 1 heterocycles. The molecule has 3 amide bonds. The van der Waals surface area contributed by atoms with Crippen LogP contribution < -0.4 is 21.7 Å². The standard InChI is InChI=1S/C28H34N6O7/c1-16(35)24(29)27(39)33-21(11-18-7-9-20(36)10-8-18)25(37)32-22(13-19-14-30-15-31-19)26(38)34-23(28(40)41)12-17-5-3-2-4-6-17/h2-10,14-16,21-24,35-36H,11-13,29H2,1H3,(H,30,31)(H,32,37)(H,33,39)(H,34,38)(H,40,41). The summed E-state index contributed by atoms with van der Waals surface area (Å²) in [7, 11) is 0. The number of carbonyl (C=O) groups excluding carboxylic acids is 3. The predicted molar refractivity (Wildman–Crippen MR) is 147 cm³/mol. The van der Waals surface area contributed by atoms with Crippen LogP contribution in [0, 0.1) is 0 Å². The molecular weight excluding hydrogens is 532 g/mol. The molecule has 0 aliphatic rings. The van der Waals surface area contributed by atoms with Crippen molar-refractivity contribution in [1.82, 2.24) is 25.9 Å². The van der Waals surface area contributed by atoms with E-state index in [0.717, 1.165) is 0 Å². The van der Waals surface area contributed by atoms with Crippen molar-refractivity contribution in [3.05, 3.63) is 83.9 Å². The first-order valence-corrected chi connectivity index (χ1v) is 12.9. The zero-order chi connectivity index (χ0) is 29.9. The number of hydrogen-bond donors (Lipinski definition) is 8. The average Bonchev–Trinajstić information content (AvgIpc) is 3.46. The average molecular weight is 567 g/mol. The lowest BCUT2D eigenvalue weighted by Gasteiger charge is -2.25. The minimum Gasteiger partial charge on any atom is -0.508 e. The van der Waals surface area contributed by atoms with Crippen molar-refractivity contribution in [3.63, 3.8) is 0 Å². The van der Waals surface area contributed by atoms with E-state index in [1.165, 1.54) is 31.6 Å². The van der Waals surface area contributed by atoms with Gasteiger partial charge in [-0.1, -0.05) is 42.5 Å². The van der Waals surface area contributed by atoms with Crippen LogP contribution in [0.25, 0.3) is 0 Å². The highest BCUT2D eigenvalue weighted by atomic mass is 16.4. The predicted octanol–water partition coefficient (Wildman–Crippen LogP) is -0.610. The number of phenolic OH excluding ortho intramolecular Hbond substituents is 1. The van der Waals surface area contributed by atoms with Crippen LogP contribution in [0.2, 0.25) is 0 Å². The van der Waals surface area contributed by atoms with E-state index in [2.05, 4.69) is 25.9 Å². The van der Waals surface area contributed by atoms with Crippen LogP contribution in [0.15, 0.2) is 67.1 Å². The van der Waals surface area contributed by atoms with Crippen LogP contribution in [0.1, 0.15) is 23.7 Å². The van der Waals surface area contributed by atoms with Crippen LogP contribution in [0.5, 0.6) is 5.75 Å². The maximum absolute atomic E-state index is 13.5. The fraction of sp³-hybridized carbons (Fsp3) is 0.321. The Labute approximate surface area is 236 Å². The Morgan fingerprint density at radius 2 is 1.37 bits per heavy atom. The first-order chi connectivity index (χ1) is 19.5. The number of aliphatic hydroxyl groups is 1. The zero-order valence-corrected chi connectivity index (χ0v) is 22.4. The number of imidazole rings is 1. The highest BCUT2D eigenvalue weighted by molar-refractivity contribution is 5.94. The second-order valence-electron chi connectivity index (χ2n) is 9.63. The number of benzene rings is 2. The number of carbonyl (C=O) groups is 4. The number of rotatable bonds is 14. The van der Waals surface area contributed by atoms with Gasteiger partial charge in [-0.25, -0.2) is 9.78 Å². The minimum absolute atomic E-state index is 0.00898. The number of amides is 3. The summed E-state index contributed by atoms with van der Waals surface area (Å²) in [5, 5.41) is 36.7. The van der Waals surface area contributed by atoms with E-state index in [1.807, 2.05) is 0 Å². The van der Waals surface area contributed by atoms with Crippen LogP contribution in [0.3, 0.4) is 0 Å². The quantitative estimate of drug-likeness (QED) is 0.125.